The van der Waals surface area contributed by atoms with Crippen molar-refractivity contribution in [2.45, 2.75) is 25.8 Å². The Balaban J connectivity index is 2.07. The maximum Gasteiger partial charge on any atom is 0.128 e. The van der Waals surface area contributed by atoms with Crippen LogP contribution in [0.15, 0.2) is 29.3 Å². The van der Waals surface area contributed by atoms with E-state index in [9.17, 15) is 4.39 Å². The van der Waals surface area contributed by atoms with Crippen LogP contribution in [0.2, 0.25) is 0 Å². The Morgan fingerprint density at radius 2 is 2.20 bits per heavy atom. The molecule has 0 aliphatic carbocycles. The third-order valence-electron chi connectivity index (χ3n) is 2.63. The minimum Gasteiger partial charge on any atom is -0.367 e. The molecular formula is C12H15FN2. The summed E-state index contributed by atoms with van der Waals surface area (Å²) >= 11 is 0. The number of hydrogen-bond acceptors (Lipinski definition) is 2. The maximum absolute atomic E-state index is 13.4. The first-order valence-electron chi connectivity index (χ1n) is 5.31. The average Bonchev–Trinajstić information content (AvgIpc) is 2.71. The SMILES string of the molecule is C[C@@H](NC1=NCCC1)c1ccccc1F. The van der Waals surface area contributed by atoms with E-state index in [2.05, 4.69) is 10.3 Å². The van der Waals surface area contributed by atoms with Gasteiger partial charge in [0, 0.05) is 18.5 Å². The van der Waals surface area contributed by atoms with Gasteiger partial charge in [-0.15, -0.1) is 0 Å². The van der Waals surface area contributed by atoms with E-state index in [1.54, 1.807) is 6.07 Å². The molecule has 1 aliphatic rings. The summed E-state index contributed by atoms with van der Waals surface area (Å²) in [6.07, 6.45) is 2.09. The molecule has 2 rings (SSSR count). The molecule has 1 heterocycles. The molecule has 80 valence electrons. The Labute approximate surface area is 89.2 Å². The van der Waals surface area contributed by atoms with E-state index in [4.69, 9.17) is 0 Å². The second-order valence-electron chi connectivity index (χ2n) is 3.82. The molecule has 1 aromatic rings. The number of benzene rings is 1. The van der Waals surface area contributed by atoms with Crippen LogP contribution in [0.25, 0.3) is 0 Å². The molecule has 0 saturated carbocycles. The standard InChI is InChI=1S/C12H15FN2/c1-9(15-12-7-4-8-14-12)10-5-2-3-6-11(10)13/h2-3,5-6,9H,4,7-8H2,1H3,(H,14,15)/t9-/m1/s1. The van der Waals surface area contributed by atoms with E-state index in [-0.39, 0.29) is 11.9 Å². The molecule has 1 N–H and O–H groups in total. The van der Waals surface area contributed by atoms with Crippen molar-refractivity contribution in [3.05, 3.63) is 35.6 Å². The lowest BCUT2D eigenvalue weighted by molar-refractivity contribution is 0.578. The average molecular weight is 206 g/mol. The predicted octanol–water partition coefficient (Wildman–Crippen LogP) is 2.67. The fourth-order valence-corrected chi connectivity index (χ4v) is 1.81. The summed E-state index contributed by atoms with van der Waals surface area (Å²) in [6, 6.07) is 6.85. The fraction of sp³-hybridized carbons (Fsp3) is 0.417. The minimum absolute atomic E-state index is 0.0111. The van der Waals surface area contributed by atoms with Crippen LogP contribution in [-0.2, 0) is 0 Å². The zero-order valence-corrected chi connectivity index (χ0v) is 8.83. The second kappa shape index (κ2) is 4.43. The summed E-state index contributed by atoms with van der Waals surface area (Å²) in [5.74, 6) is 0.849. The van der Waals surface area contributed by atoms with E-state index in [1.165, 1.54) is 6.07 Å². The quantitative estimate of drug-likeness (QED) is 0.790. The van der Waals surface area contributed by atoms with Crippen LogP contribution in [0.3, 0.4) is 0 Å². The summed E-state index contributed by atoms with van der Waals surface area (Å²) in [4.78, 5) is 4.31. The van der Waals surface area contributed by atoms with Crippen molar-refractivity contribution in [1.82, 2.24) is 5.32 Å². The highest BCUT2D eigenvalue weighted by molar-refractivity contribution is 5.83. The smallest absolute Gasteiger partial charge is 0.128 e. The molecule has 2 nitrogen and oxygen atoms in total. The van der Waals surface area contributed by atoms with Gasteiger partial charge in [0.15, 0.2) is 0 Å². The van der Waals surface area contributed by atoms with Gasteiger partial charge in [-0.1, -0.05) is 18.2 Å². The maximum atomic E-state index is 13.4. The molecule has 0 bridgehead atoms. The van der Waals surface area contributed by atoms with Crippen molar-refractivity contribution >= 4 is 5.84 Å². The van der Waals surface area contributed by atoms with Crippen LogP contribution in [0.5, 0.6) is 0 Å². The van der Waals surface area contributed by atoms with Crippen LogP contribution in [-0.4, -0.2) is 12.4 Å². The Morgan fingerprint density at radius 3 is 2.87 bits per heavy atom. The lowest BCUT2D eigenvalue weighted by Crippen LogP contribution is -2.25. The van der Waals surface area contributed by atoms with Crippen LogP contribution < -0.4 is 5.32 Å². The summed E-state index contributed by atoms with van der Waals surface area (Å²) in [5, 5.41) is 3.25. The summed E-state index contributed by atoms with van der Waals surface area (Å²) < 4.78 is 13.4. The van der Waals surface area contributed by atoms with Gasteiger partial charge in [0.2, 0.25) is 0 Å². The molecule has 1 aromatic carbocycles. The van der Waals surface area contributed by atoms with Gasteiger partial charge in [0.05, 0.1) is 11.9 Å². The topological polar surface area (TPSA) is 24.4 Å². The number of halogens is 1. The number of rotatable bonds is 2. The van der Waals surface area contributed by atoms with E-state index in [0.717, 1.165) is 25.2 Å². The molecule has 0 amide bonds. The zero-order valence-electron chi connectivity index (χ0n) is 8.83. The highest BCUT2D eigenvalue weighted by Crippen LogP contribution is 2.17. The van der Waals surface area contributed by atoms with Crippen molar-refractivity contribution in [2.75, 3.05) is 6.54 Å². The largest absolute Gasteiger partial charge is 0.367 e. The third kappa shape index (κ3) is 2.35. The van der Waals surface area contributed by atoms with Crippen molar-refractivity contribution in [3.8, 4) is 0 Å². The van der Waals surface area contributed by atoms with Crippen LogP contribution in [0.4, 0.5) is 4.39 Å². The summed E-state index contributed by atoms with van der Waals surface area (Å²) in [7, 11) is 0. The van der Waals surface area contributed by atoms with Crippen LogP contribution in [0, 0.1) is 5.82 Å². The third-order valence-corrected chi connectivity index (χ3v) is 2.63. The van der Waals surface area contributed by atoms with Crippen LogP contribution in [0.1, 0.15) is 31.4 Å². The monoisotopic (exact) mass is 206 g/mol. The Morgan fingerprint density at radius 1 is 1.40 bits per heavy atom. The highest BCUT2D eigenvalue weighted by atomic mass is 19.1. The van der Waals surface area contributed by atoms with Crippen molar-refractivity contribution < 1.29 is 4.39 Å². The molecule has 1 atom stereocenters. The molecule has 15 heavy (non-hydrogen) atoms. The molecule has 3 heteroatoms. The first kappa shape index (κ1) is 10.1. The Bertz CT molecular complexity index is 374. The van der Waals surface area contributed by atoms with Gasteiger partial charge in [-0.05, 0) is 19.4 Å². The van der Waals surface area contributed by atoms with Crippen LogP contribution >= 0.6 is 0 Å². The van der Waals surface area contributed by atoms with Gasteiger partial charge in [-0.3, -0.25) is 4.99 Å². The first-order valence-corrected chi connectivity index (χ1v) is 5.31. The highest BCUT2D eigenvalue weighted by Gasteiger charge is 2.13. The fourth-order valence-electron chi connectivity index (χ4n) is 1.81. The van der Waals surface area contributed by atoms with Gasteiger partial charge in [-0.2, -0.15) is 0 Å². The molecule has 0 spiro atoms. The molecule has 0 saturated heterocycles. The Hall–Kier alpha value is -1.38. The first-order chi connectivity index (χ1) is 7.27. The van der Waals surface area contributed by atoms with E-state index >= 15 is 0 Å². The van der Waals surface area contributed by atoms with Gasteiger partial charge < -0.3 is 5.32 Å². The number of amidine groups is 1. The lowest BCUT2D eigenvalue weighted by Gasteiger charge is -2.15. The number of nitrogens with zero attached hydrogens (tertiary/aromatic N) is 1. The molecule has 0 fully saturated rings. The van der Waals surface area contributed by atoms with E-state index in [1.807, 2.05) is 19.1 Å². The van der Waals surface area contributed by atoms with Crippen molar-refractivity contribution in [1.29, 1.82) is 0 Å². The zero-order chi connectivity index (χ0) is 10.7. The van der Waals surface area contributed by atoms with Gasteiger partial charge >= 0.3 is 0 Å². The predicted molar refractivity (Wildman–Crippen MR) is 59.5 cm³/mol. The molecule has 0 unspecified atom stereocenters. The van der Waals surface area contributed by atoms with Crippen molar-refractivity contribution in [2.24, 2.45) is 4.99 Å². The number of hydrogen-bond donors (Lipinski definition) is 1. The molecular weight excluding hydrogens is 191 g/mol. The lowest BCUT2D eigenvalue weighted by atomic mass is 10.1. The summed E-state index contributed by atoms with van der Waals surface area (Å²) in [6.45, 7) is 2.85. The van der Waals surface area contributed by atoms with E-state index < -0.39 is 0 Å². The normalized spacial score (nSPS) is 17.3. The van der Waals surface area contributed by atoms with E-state index in [0.29, 0.717) is 5.56 Å². The van der Waals surface area contributed by atoms with Gasteiger partial charge in [0.25, 0.3) is 0 Å². The molecule has 0 aromatic heterocycles. The minimum atomic E-state index is -0.156. The molecule has 1 aliphatic heterocycles. The summed E-state index contributed by atoms with van der Waals surface area (Å²) in [5.41, 5.74) is 0.701. The second-order valence-corrected chi connectivity index (χ2v) is 3.82. The van der Waals surface area contributed by atoms with Crippen molar-refractivity contribution in [3.63, 3.8) is 0 Å². The Kier molecular flexibility index (Phi) is 2.99. The number of nitrogens with one attached hydrogen (secondary N) is 1. The van der Waals surface area contributed by atoms with Gasteiger partial charge in [-0.25, -0.2) is 4.39 Å². The molecule has 0 radical (unpaired) electrons. The van der Waals surface area contributed by atoms with Gasteiger partial charge in [0.1, 0.15) is 5.82 Å². The number of aliphatic imine (C=N–C) groups is 1.